The van der Waals surface area contributed by atoms with Crippen LogP contribution in [0.2, 0.25) is 0 Å². The van der Waals surface area contributed by atoms with Crippen LogP contribution in [0.5, 0.6) is 0 Å². The molecule has 1 saturated carbocycles. The molecule has 0 unspecified atom stereocenters. The Labute approximate surface area is 186 Å². The number of nitrogens with zero attached hydrogens (tertiary/aromatic N) is 2. The summed E-state index contributed by atoms with van der Waals surface area (Å²) < 4.78 is 0. The van der Waals surface area contributed by atoms with Crippen molar-refractivity contribution in [2.75, 3.05) is 44.6 Å². The van der Waals surface area contributed by atoms with Crippen molar-refractivity contribution >= 4 is 5.69 Å². The van der Waals surface area contributed by atoms with E-state index in [9.17, 15) is 9.59 Å². The van der Waals surface area contributed by atoms with Gasteiger partial charge in [0.2, 0.25) is 10.9 Å². The topological polar surface area (TPSA) is 52.6 Å². The van der Waals surface area contributed by atoms with E-state index in [0.717, 1.165) is 44.2 Å². The zero-order valence-electron chi connectivity index (χ0n) is 19.2. The summed E-state index contributed by atoms with van der Waals surface area (Å²) in [5.74, 6) is 0.448. The predicted octanol–water partition coefficient (Wildman–Crippen LogP) is 3.83. The van der Waals surface area contributed by atoms with Crippen LogP contribution >= 0.6 is 0 Å². The van der Waals surface area contributed by atoms with Gasteiger partial charge >= 0.3 is 0 Å². The van der Waals surface area contributed by atoms with Crippen LogP contribution < -0.4 is 16.2 Å². The molecule has 5 heteroatoms. The van der Waals surface area contributed by atoms with Crippen molar-refractivity contribution in [3.05, 3.63) is 50.3 Å². The van der Waals surface area contributed by atoms with Crippen molar-refractivity contribution in [3.63, 3.8) is 0 Å². The van der Waals surface area contributed by atoms with E-state index in [1.807, 2.05) is 24.3 Å². The fourth-order valence-electron chi connectivity index (χ4n) is 5.18. The number of anilines is 1. The van der Waals surface area contributed by atoms with Gasteiger partial charge in [0.25, 0.3) is 0 Å². The summed E-state index contributed by atoms with van der Waals surface area (Å²) in [6.45, 7) is 10.7. The number of benzene rings is 1. The van der Waals surface area contributed by atoms with Gasteiger partial charge in [0.15, 0.2) is 0 Å². The Morgan fingerprint density at radius 3 is 2.26 bits per heavy atom. The van der Waals surface area contributed by atoms with Gasteiger partial charge in [0.05, 0.1) is 11.3 Å². The minimum absolute atomic E-state index is 0.362. The third-order valence-electron chi connectivity index (χ3n) is 7.23. The molecule has 31 heavy (non-hydrogen) atoms. The van der Waals surface area contributed by atoms with Gasteiger partial charge < -0.3 is 10.2 Å². The summed E-state index contributed by atoms with van der Waals surface area (Å²) >= 11 is 0. The number of nitrogens with one attached hydrogen (secondary N) is 1. The molecule has 2 aromatic rings. The van der Waals surface area contributed by atoms with Crippen LogP contribution in [0.1, 0.15) is 63.9 Å². The van der Waals surface area contributed by atoms with Crippen molar-refractivity contribution in [1.29, 1.82) is 0 Å². The highest BCUT2D eigenvalue weighted by atomic mass is 16.2. The van der Waals surface area contributed by atoms with Gasteiger partial charge in [-0.05, 0) is 42.9 Å². The second-order valence-corrected chi connectivity index (χ2v) is 9.63. The van der Waals surface area contributed by atoms with E-state index in [1.165, 1.54) is 50.8 Å². The largest absolute Gasteiger partial charge is 0.381 e. The van der Waals surface area contributed by atoms with Crippen molar-refractivity contribution in [1.82, 2.24) is 9.80 Å². The monoisotopic (exact) mass is 423 g/mol. The zero-order valence-corrected chi connectivity index (χ0v) is 19.2. The maximum Gasteiger partial charge on any atom is 0.250 e. The minimum atomic E-state index is -0.371. The first-order valence-electron chi connectivity index (χ1n) is 12.2. The number of hydrogen-bond donors (Lipinski definition) is 1. The first kappa shape index (κ1) is 22.2. The highest BCUT2D eigenvalue weighted by molar-refractivity contribution is 5.81. The summed E-state index contributed by atoms with van der Waals surface area (Å²) in [7, 11) is 0. The summed E-state index contributed by atoms with van der Waals surface area (Å²) in [6.07, 6.45) is 7.96. The van der Waals surface area contributed by atoms with Crippen LogP contribution in [-0.4, -0.2) is 55.1 Å². The molecule has 0 amide bonds. The molecule has 2 aromatic carbocycles. The lowest BCUT2D eigenvalue weighted by molar-refractivity contribution is 0.0789. The zero-order chi connectivity index (χ0) is 21.8. The van der Waals surface area contributed by atoms with Crippen LogP contribution in [0.15, 0.2) is 33.9 Å². The van der Waals surface area contributed by atoms with Gasteiger partial charge in [-0.15, -0.1) is 0 Å². The third-order valence-corrected chi connectivity index (χ3v) is 7.23. The van der Waals surface area contributed by atoms with Crippen molar-refractivity contribution in [2.24, 2.45) is 0 Å². The Morgan fingerprint density at radius 2 is 1.61 bits per heavy atom. The first-order valence-corrected chi connectivity index (χ1v) is 12.2. The lowest BCUT2D eigenvalue weighted by atomic mass is 9.94. The summed E-state index contributed by atoms with van der Waals surface area (Å²) in [5.41, 5.74) is 2.41. The smallest absolute Gasteiger partial charge is 0.250 e. The molecule has 0 radical (unpaired) electrons. The quantitative estimate of drug-likeness (QED) is 0.517. The molecule has 2 fully saturated rings. The SMILES string of the molecule is CC(C)c1ccc(-c2c(NCCCN3CCN(C4CCCCC4)CC3)c(=O)c2=O)cc1. The Balaban J connectivity index is 1.23. The number of piperazine rings is 1. The second-order valence-electron chi connectivity index (χ2n) is 9.63. The van der Waals surface area contributed by atoms with Crippen LogP contribution in [0.4, 0.5) is 5.69 Å². The molecular weight excluding hydrogens is 386 g/mol. The number of rotatable bonds is 8. The highest BCUT2D eigenvalue weighted by Gasteiger charge is 2.25. The van der Waals surface area contributed by atoms with E-state index in [2.05, 4.69) is 29.0 Å². The Morgan fingerprint density at radius 1 is 0.935 bits per heavy atom. The molecule has 1 heterocycles. The predicted molar refractivity (Wildman–Crippen MR) is 129 cm³/mol. The van der Waals surface area contributed by atoms with Crippen molar-refractivity contribution < 1.29 is 0 Å². The van der Waals surface area contributed by atoms with Gasteiger partial charge in [-0.3, -0.25) is 14.5 Å². The minimum Gasteiger partial charge on any atom is -0.381 e. The molecule has 0 aromatic heterocycles. The molecule has 1 N–H and O–H groups in total. The summed E-state index contributed by atoms with van der Waals surface area (Å²) in [4.78, 5) is 29.5. The van der Waals surface area contributed by atoms with Crippen LogP contribution in [0, 0.1) is 0 Å². The summed E-state index contributed by atoms with van der Waals surface area (Å²) in [5, 5.41) is 3.26. The molecule has 2 aliphatic rings. The molecule has 4 rings (SSSR count). The highest BCUT2D eigenvalue weighted by Crippen LogP contribution is 2.26. The van der Waals surface area contributed by atoms with E-state index in [0.29, 0.717) is 17.2 Å². The molecule has 1 saturated heterocycles. The van der Waals surface area contributed by atoms with Crippen LogP contribution in [0.25, 0.3) is 11.1 Å². The molecule has 0 atom stereocenters. The Bertz CT molecular complexity index is 913. The van der Waals surface area contributed by atoms with Crippen LogP contribution in [-0.2, 0) is 0 Å². The lowest BCUT2D eigenvalue weighted by Crippen LogP contribution is -2.51. The van der Waals surface area contributed by atoms with Crippen molar-refractivity contribution in [3.8, 4) is 11.1 Å². The standard InChI is InChI=1S/C26H37N3O2/c1-19(2)20-9-11-21(12-10-20)23-24(26(31)25(23)30)27-13-6-14-28-15-17-29(18-16-28)22-7-4-3-5-8-22/h9-12,19,22,27H,3-8,13-18H2,1-2H3. The average molecular weight is 424 g/mol. The van der Waals surface area contributed by atoms with Gasteiger partial charge in [-0.2, -0.15) is 0 Å². The van der Waals surface area contributed by atoms with Crippen molar-refractivity contribution in [2.45, 2.75) is 64.3 Å². The molecule has 168 valence electrons. The second kappa shape index (κ2) is 10.1. The van der Waals surface area contributed by atoms with Gasteiger partial charge in [0.1, 0.15) is 0 Å². The van der Waals surface area contributed by atoms with E-state index in [4.69, 9.17) is 0 Å². The fourth-order valence-corrected chi connectivity index (χ4v) is 5.18. The fraction of sp³-hybridized carbons (Fsp3) is 0.615. The third kappa shape index (κ3) is 5.09. The molecule has 1 aliphatic heterocycles. The number of hydrogen-bond acceptors (Lipinski definition) is 5. The lowest BCUT2D eigenvalue weighted by Gasteiger charge is -2.40. The maximum atomic E-state index is 12.2. The average Bonchev–Trinajstić information content (AvgIpc) is 2.81. The molecular formula is C26H37N3O2. The molecule has 0 bridgehead atoms. The first-order chi connectivity index (χ1) is 15.0. The van der Waals surface area contributed by atoms with E-state index in [1.54, 1.807) is 0 Å². The van der Waals surface area contributed by atoms with E-state index < -0.39 is 0 Å². The summed E-state index contributed by atoms with van der Waals surface area (Å²) in [6, 6.07) is 8.84. The molecule has 5 nitrogen and oxygen atoms in total. The normalized spacial score (nSPS) is 19.3. The van der Waals surface area contributed by atoms with E-state index in [-0.39, 0.29) is 10.9 Å². The van der Waals surface area contributed by atoms with Gasteiger partial charge in [0, 0.05) is 38.8 Å². The van der Waals surface area contributed by atoms with Crippen LogP contribution in [0.3, 0.4) is 0 Å². The Kier molecular flexibility index (Phi) is 7.24. The molecule has 1 aliphatic carbocycles. The molecule has 0 spiro atoms. The maximum absolute atomic E-state index is 12.2. The Hall–Kier alpha value is -1.98. The van der Waals surface area contributed by atoms with Gasteiger partial charge in [-0.1, -0.05) is 57.4 Å². The van der Waals surface area contributed by atoms with E-state index >= 15 is 0 Å². The van der Waals surface area contributed by atoms with Gasteiger partial charge in [-0.25, -0.2) is 0 Å².